The Morgan fingerprint density at radius 2 is 1.96 bits per heavy atom. The highest BCUT2D eigenvalue weighted by molar-refractivity contribution is 6.10. The summed E-state index contributed by atoms with van der Waals surface area (Å²) in [4.78, 5) is 25.0. The van der Waals surface area contributed by atoms with Gasteiger partial charge in [0.2, 0.25) is 0 Å². The van der Waals surface area contributed by atoms with Crippen LogP contribution in [0.4, 0.5) is 0 Å². The van der Waals surface area contributed by atoms with Gasteiger partial charge < -0.3 is 14.5 Å². The Bertz CT molecular complexity index is 669. The molecule has 3 aliphatic rings. The Balaban J connectivity index is 1.50. The van der Waals surface area contributed by atoms with Gasteiger partial charge in [-0.15, -0.1) is 0 Å². The third-order valence-corrected chi connectivity index (χ3v) is 5.78. The zero-order valence-corrected chi connectivity index (χ0v) is 14.3. The summed E-state index contributed by atoms with van der Waals surface area (Å²) in [7, 11) is 0. The topological polar surface area (TPSA) is 68.5 Å². The van der Waals surface area contributed by atoms with Crippen LogP contribution in [0.2, 0.25) is 0 Å². The van der Waals surface area contributed by atoms with E-state index in [1.807, 2.05) is 0 Å². The lowest BCUT2D eigenvalue weighted by Crippen LogP contribution is -2.38. The van der Waals surface area contributed by atoms with Gasteiger partial charge in [-0.3, -0.25) is 9.59 Å². The molecule has 1 aromatic rings. The molecule has 2 aliphatic carbocycles. The maximum Gasteiger partial charge on any atom is 0.255 e. The molecule has 24 heavy (non-hydrogen) atoms. The predicted molar refractivity (Wildman–Crippen MR) is 88.4 cm³/mol. The van der Waals surface area contributed by atoms with Crippen molar-refractivity contribution in [1.82, 2.24) is 5.32 Å². The van der Waals surface area contributed by atoms with Crippen LogP contribution in [0.3, 0.4) is 0 Å². The van der Waals surface area contributed by atoms with Gasteiger partial charge in [0.05, 0.1) is 29.4 Å². The summed E-state index contributed by atoms with van der Waals surface area (Å²) in [6, 6.07) is 0.0271. The number of nitrogens with one attached hydrogen (secondary N) is 1. The molecular formula is C19H25NO4. The van der Waals surface area contributed by atoms with E-state index in [9.17, 15) is 9.59 Å². The van der Waals surface area contributed by atoms with E-state index in [2.05, 4.69) is 5.32 Å². The third-order valence-electron chi connectivity index (χ3n) is 5.78. The van der Waals surface area contributed by atoms with Gasteiger partial charge in [0.15, 0.2) is 5.78 Å². The first kappa shape index (κ1) is 15.9. The number of rotatable bonds is 2. The van der Waals surface area contributed by atoms with Gasteiger partial charge in [-0.25, -0.2) is 0 Å². The molecule has 2 heterocycles. The number of hydrogen-bond acceptors (Lipinski definition) is 4. The van der Waals surface area contributed by atoms with Crippen molar-refractivity contribution >= 4 is 11.7 Å². The fraction of sp³-hybridized carbons (Fsp3) is 0.684. The molecule has 5 heteroatoms. The van der Waals surface area contributed by atoms with Gasteiger partial charge in [-0.1, -0.05) is 19.3 Å². The minimum Gasteiger partial charge on any atom is -0.465 e. The molecule has 1 aliphatic heterocycles. The van der Waals surface area contributed by atoms with Crippen LogP contribution in [-0.4, -0.2) is 29.9 Å². The van der Waals surface area contributed by atoms with Crippen LogP contribution in [0.15, 0.2) is 4.42 Å². The van der Waals surface area contributed by atoms with Crippen molar-refractivity contribution in [2.45, 2.75) is 76.4 Å². The number of aryl methyl sites for hydroxylation is 2. The second-order valence-corrected chi connectivity index (χ2v) is 7.54. The summed E-state index contributed by atoms with van der Waals surface area (Å²) in [5.74, 6) is 1.08. The van der Waals surface area contributed by atoms with Gasteiger partial charge >= 0.3 is 0 Å². The molecule has 130 valence electrons. The van der Waals surface area contributed by atoms with E-state index in [1.165, 1.54) is 19.3 Å². The lowest BCUT2D eigenvalue weighted by molar-refractivity contribution is -0.0246. The summed E-state index contributed by atoms with van der Waals surface area (Å²) in [6.07, 6.45) is 8.82. The predicted octanol–water partition coefficient (Wildman–Crippen LogP) is 3.33. The third kappa shape index (κ3) is 2.69. The number of ether oxygens (including phenoxy) is 1. The molecule has 1 saturated heterocycles. The second-order valence-electron chi connectivity index (χ2n) is 7.54. The first-order valence-electron chi connectivity index (χ1n) is 9.18. The Morgan fingerprint density at radius 3 is 2.75 bits per heavy atom. The van der Waals surface area contributed by atoms with Gasteiger partial charge in [-0.2, -0.15) is 0 Å². The van der Waals surface area contributed by atoms with E-state index < -0.39 is 0 Å². The van der Waals surface area contributed by atoms with Crippen molar-refractivity contribution in [2.75, 3.05) is 6.61 Å². The monoisotopic (exact) mass is 331 g/mol. The molecule has 1 spiro atoms. The molecule has 5 nitrogen and oxygen atoms in total. The number of carbonyl (C=O) groups excluding carboxylic acids is 2. The first-order chi connectivity index (χ1) is 11.6. The van der Waals surface area contributed by atoms with E-state index >= 15 is 0 Å². The molecular weight excluding hydrogens is 306 g/mol. The van der Waals surface area contributed by atoms with Crippen LogP contribution in [-0.2, 0) is 11.2 Å². The van der Waals surface area contributed by atoms with Crippen LogP contribution in [0.25, 0.3) is 0 Å². The average molecular weight is 331 g/mol. The summed E-state index contributed by atoms with van der Waals surface area (Å²) >= 11 is 0. The summed E-state index contributed by atoms with van der Waals surface area (Å²) in [5.41, 5.74) is 0.929. The highest BCUT2D eigenvalue weighted by Gasteiger charge is 2.42. The fourth-order valence-electron chi connectivity index (χ4n) is 4.62. The lowest BCUT2D eigenvalue weighted by atomic mass is 9.82. The van der Waals surface area contributed by atoms with Crippen molar-refractivity contribution in [2.24, 2.45) is 0 Å². The van der Waals surface area contributed by atoms with Crippen molar-refractivity contribution in [3.63, 3.8) is 0 Å². The molecule has 4 rings (SSSR count). The Labute approximate surface area is 142 Å². The lowest BCUT2D eigenvalue weighted by Gasteiger charge is -2.32. The number of furan rings is 1. The molecule has 1 aromatic heterocycles. The summed E-state index contributed by atoms with van der Waals surface area (Å²) in [5, 5.41) is 3.09. The number of hydrogen-bond donors (Lipinski definition) is 1. The average Bonchev–Trinajstić information content (AvgIpc) is 3.09. The highest BCUT2D eigenvalue weighted by atomic mass is 16.5. The van der Waals surface area contributed by atoms with Crippen molar-refractivity contribution in [3.05, 3.63) is 22.6 Å². The van der Waals surface area contributed by atoms with Crippen LogP contribution >= 0.6 is 0 Å². The number of fused-ring (bicyclic) bond motifs is 1. The molecule has 0 aromatic carbocycles. The maximum absolute atomic E-state index is 12.8. The Kier molecular flexibility index (Phi) is 3.99. The molecule has 1 atom stereocenters. The van der Waals surface area contributed by atoms with Crippen molar-refractivity contribution in [3.8, 4) is 0 Å². The zero-order valence-electron chi connectivity index (χ0n) is 14.3. The first-order valence-corrected chi connectivity index (χ1v) is 9.18. The summed E-state index contributed by atoms with van der Waals surface area (Å²) < 4.78 is 11.8. The molecule has 0 unspecified atom stereocenters. The van der Waals surface area contributed by atoms with E-state index in [4.69, 9.17) is 9.15 Å². The molecule has 2 fully saturated rings. The minimum absolute atomic E-state index is 0.0271. The van der Waals surface area contributed by atoms with E-state index in [-0.39, 0.29) is 23.3 Å². The Hall–Kier alpha value is -1.62. The zero-order chi connectivity index (χ0) is 16.7. The minimum atomic E-state index is -0.186. The highest BCUT2D eigenvalue weighted by Crippen LogP contribution is 2.39. The number of Topliss-reactive ketones (excluding diaryl/α,β-unsaturated/α-hetero) is 1. The Morgan fingerprint density at radius 1 is 1.17 bits per heavy atom. The van der Waals surface area contributed by atoms with Crippen molar-refractivity contribution < 1.29 is 18.7 Å². The van der Waals surface area contributed by atoms with Gasteiger partial charge in [0.1, 0.15) is 11.5 Å². The van der Waals surface area contributed by atoms with E-state index in [0.29, 0.717) is 35.7 Å². The fourth-order valence-corrected chi connectivity index (χ4v) is 4.62. The molecule has 1 amide bonds. The quantitative estimate of drug-likeness (QED) is 0.902. The SMILES string of the molecule is Cc1oc2c(c1C(=O)N[C@H]1COC3(CCCCC3)C1)C(=O)CCC2. The maximum atomic E-state index is 12.8. The second kappa shape index (κ2) is 6.03. The van der Waals surface area contributed by atoms with E-state index in [0.717, 1.165) is 32.1 Å². The van der Waals surface area contributed by atoms with Crippen LogP contribution in [0.5, 0.6) is 0 Å². The molecule has 1 N–H and O–H groups in total. The standard InChI is InChI=1S/C19H25NO4/c1-12-16(17-14(21)6-5-7-15(17)24-12)18(22)20-13-10-19(23-11-13)8-3-2-4-9-19/h13H,2-11H2,1H3,(H,20,22)/t13-/m1/s1. The normalized spacial score (nSPS) is 25.7. The largest absolute Gasteiger partial charge is 0.465 e. The molecule has 0 radical (unpaired) electrons. The number of carbonyl (C=O) groups is 2. The summed E-state index contributed by atoms with van der Waals surface area (Å²) in [6.45, 7) is 2.34. The van der Waals surface area contributed by atoms with Gasteiger partial charge in [0, 0.05) is 12.8 Å². The van der Waals surface area contributed by atoms with Crippen LogP contribution < -0.4 is 5.32 Å². The van der Waals surface area contributed by atoms with E-state index in [1.54, 1.807) is 6.92 Å². The smallest absolute Gasteiger partial charge is 0.255 e. The number of amides is 1. The molecule has 1 saturated carbocycles. The van der Waals surface area contributed by atoms with Crippen molar-refractivity contribution in [1.29, 1.82) is 0 Å². The molecule has 0 bridgehead atoms. The number of ketones is 1. The van der Waals surface area contributed by atoms with Gasteiger partial charge in [-0.05, 0) is 32.6 Å². The van der Waals surface area contributed by atoms with Crippen LogP contribution in [0, 0.1) is 6.92 Å². The van der Waals surface area contributed by atoms with Gasteiger partial charge in [0.25, 0.3) is 5.91 Å². The van der Waals surface area contributed by atoms with Crippen LogP contribution in [0.1, 0.15) is 83.6 Å².